The molecule has 1 aliphatic carbocycles. The Kier molecular flexibility index (Phi) is 2.57. The number of benzene rings is 1. The van der Waals surface area contributed by atoms with E-state index in [1.54, 1.807) is 6.07 Å². The number of rotatable bonds is 3. The van der Waals surface area contributed by atoms with Crippen molar-refractivity contribution in [3.05, 3.63) is 28.3 Å². The molecule has 2 rings (SSSR count). The van der Waals surface area contributed by atoms with Crippen LogP contribution in [0.4, 0.5) is 0 Å². The van der Waals surface area contributed by atoms with Crippen LogP contribution < -0.4 is 4.74 Å². The molecule has 1 aliphatic rings. The fraction of sp³-hybridized carbons (Fsp3) is 0.364. The molecule has 1 saturated carbocycles. The summed E-state index contributed by atoms with van der Waals surface area (Å²) in [5, 5.41) is 9.59. The second-order valence-electron chi connectivity index (χ2n) is 3.62. The summed E-state index contributed by atoms with van der Waals surface area (Å²) < 4.78 is 5.15. The smallest absolute Gasteiger partial charge is 0.339 e. The average molecular weight is 227 g/mol. The van der Waals surface area contributed by atoms with E-state index in [1.807, 2.05) is 0 Å². The van der Waals surface area contributed by atoms with Gasteiger partial charge in [0.15, 0.2) is 0 Å². The van der Waals surface area contributed by atoms with Crippen molar-refractivity contribution in [2.75, 3.05) is 7.11 Å². The molecule has 3 nitrogen and oxygen atoms in total. The Balaban J connectivity index is 2.58. The van der Waals surface area contributed by atoms with Crippen LogP contribution in [0.2, 0.25) is 5.02 Å². The minimum atomic E-state index is -0.981. The van der Waals surface area contributed by atoms with Gasteiger partial charge in [0.05, 0.1) is 7.11 Å². The summed E-state index contributed by atoms with van der Waals surface area (Å²) in [5.41, 5.74) is 1.03. The van der Waals surface area contributed by atoms with Crippen LogP contribution in [-0.4, -0.2) is 18.2 Å². The lowest BCUT2D eigenvalue weighted by Gasteiger charge is -2.12. The molecule has 1 N–H and O–H groups in total. The predicted octanol–water partition coefficient (Wildman–Crippen LogP) is 2.92. The molecule has 1 aromatic rings. The van der Waals surface area contributed by atoms with Crippen LogP contribution in [0, 0.1) is 0 Å². The predicted molar refractivity (Wildman–Crippen MR) is 56.9 cm³/mol. The fourth-order valence-electron chi connectivity index (χ4n) is 1.72. The Morgan fingerprint density at radius 2 is 2.20 bits per heavy atom. The first-order valence-corrected chi connectivity index (χ1v) is 5.12. The molecular formula is C11H11ClO3. The van der Waals surface area contributed by atoms with Gasteiger partial charge >= 0.3 is 5.97 Å². The van der Waals surface area contributed by atoms with Crippen LogP contribution >= 0.6 is 11.6 Å². The first kappa shape index (κ1) is 10.3. The van der Waals surface area contributed by atoms with Crippen LogP contribution in [0.15, 0.2) is 12.1 Å². The molecule has 4 heteroatoms. The lowest BCUT2D eigenvalue weighted by molar-refractivity contribution is 0.0693. The highest BCUT2D eigenvalue weighted by Crippen LogP contribution is 2.48. The Morgan fingerprint density at radius 3 is 2.67 bits per heavy atom. The van der Waals surface area contributed by atoms with Crippen LogP contribution in [0.3, 0.4) is 0 Å². The SMILES string of the molecule is COc1c(C(=O)O)ccc(Cl)c1C1CC1. The lowest BCUT2D eigenvalue weighted by atomic mass is 10.0. The second-order valence-corrected chi connectivity index (χ2v) is 4.03. The van der Waals surface area contributed by atoms with Gasteiger partial charge in [-0.15, -0.1) is 0 Å². The molecule has 0 aromatic heterocycles. The molecule has 0 spiro atoms. The van der Waals surface area contributed by atoms with Crippen molar-refractivity contribution in [3.8, 4) is 5.75 Å². The summed E-state index contributed by atoms with van der Waals surface area (Å²) in [4.78, 5) is 11.0. The average Bonchev–Trinajstić information content (AvgIpc) is 3.00. The zero-order valence-corrected chi connectivity index (χ0v) is 9.04. The molecule has 0 heterocycles. The van der Waals surface area contributed by atoms with Gasteiger partial charge < -0.3 is 9.84 Å². The Hall–Kier alpha value is -1.22. The lowest BCUT2D eigenvalue weighted by Crippen LogP contribution is -2.03. The van der Waals surface area contributed by atoms with Crippen molar-refractivity contribution in [1.29, 1.82) is 0 Å². The Labute approximate surface area is 92.6 Å². The van der Waals surface area contributed by atoms with E-state index in [-0.39, 0.29) is 5.56 Å². The van der Waals surface area contributed by atoms with E-state index in [0.717, 1.165) is 18.4 Å². The number of ether oxygens (including phenoxy) is 1. The zero-order chi connectivity index (χ0) is 11.0. The number of hydrogen-bond acceptors (Lipinski definition) is 2. The third-order valence-corrected chi connectivity index (χ3v) is 2.89. The molecule has 0 amide bonds. The van der Waals surface area contributed by atoms with Crippen LogP contribution in [-0.2, 0) is 0 Å². The van der Waals surface area contributed by atoms with Gasteiger partial charge in [0.2, 0.25) is 0 Å². The third-order valence-electron chi connectivity index (χ3n) is 2.56. The number of carboxylic acid groups (broad SMARTS) is 1. The van der Waals surface area contributed by atoms with E-state index >= 15 is 0 Å². The van der Waals surface area contributed by atoms with Crippen molar-refractivity contribution in [1.82, 2.24) is 0 Å². The van der Waals surface area contributed by atoms with Gasteiger partial charge in [0, 0.05) is 10.6 Å². The fourth-order valence-corrected chi connectivity index (χ4v) is 2.02. The molecule has 1 aromatic carbocycles. The highest BCUT2D eigenvalue weighted by Gasteiger charge is 2.31. The summed E-state index contributed by atoms with van der Waals surface area (Å²) in [6.45, 7) is 0. The number of carboxylic acids is 1. The van der Waals surface area contributed by atoms with Crippen molar-refractivity contribution >= 4 is 17.6 Å². The van der Waals surface area contributed by atoms with Crippen molar-refractivity contribution in [2.24, 2.45) is 0 Å². The molecule has 15 heavy (non-hydrogen) atoms. The van der Waals surface area contributed by atoms with Gasteiger partial charge in [-0.1, -0.05) is 11.6 Å². The number of aromatic carboxylic acids is 1. The van der Waals surface area contributed by atoms with Gasteiger partial charge in [0.25, 0.3) is 0 Å². The van der Waals surface area contributed by atoms with Crippen LogP contribution in [0.1, 0.15) is 34.7 Å². The topological polar surface area (TPSA) is 46.5 Å². The van der Waals surface area contributed by atoms with E-state index in [2.05, 4.69) is 0 Å². The minimum absolute atomic E-state index is 0.184. The minimum Gasteiger partial charge on any atom is -0.495 e. The molecule has 0 bridgehead atoms. The van der Waals surface area contributed by atoms with Gasteiger partial charge in [-0.2, -0.15) is 0 Å². The standard InChI is InChI=1S/C11H11ClO3/c1-15-10-7(11(13)14)4-5-8(12)9(10)6-2-3-6/h4-6H,2-3H2,1H3,(H,13,14). The maximum atomic E-state index is 11.0. The number of carbonyl (C=O) groups is 1. The maximum absolute atomic E-state index is 11.0. The molecular weight excluding hydrogens is 216 g/mol. The number of methoxy groups -OCH3 is 1. The van der Waals surface area contributed by atoms with E-state index in [9.17, 15) is 4.79 Å². The summed E-state index contributed by atoms with van der Waals surface area (Å²) in [7, 11) is 1.48. The monoisotopic (exact) mass is 226 g/mol. The second kappa shape index (κ2) is 3.74. The summed E-state index contributed by atoms with van der Waals surface area (Å²) in [6.07, 6.45) is 2.11. The van der Waals surface area contributed by atoms with Gasteiger partial charge in [-0.05, 0) is 30.9 Å². The quantitative estimate of drug-likeness (QED) is 0.862. The largest absolute Gasteiger partial charge is 0.495 e. The van der Waals surface area contributed by atoms with Gasteiger partial charge in [0.1, 0.15) is 11.3 Å². The molecule has 0 radical (unpaired) electrons. The first-order valence-electron chi connectivity index (χ1n) is 4.74. The maximum Gasteiger partial charge on any atom is 0.339 e. The number of hydrogen-bond donors (Lipinski definition) is 1. The van der Waals surface area contributed by atoms with Crippen molar-refractivity contribution in [3.63, 3.8) is 0 Å². The molecule has 0 saturated heterocycles. The summed E-state index contributed by atoms with van der Waals surface area (Å²) in [5.74, 6) is -0.199. The van der Waals surface area contributed by atoms with E-state index < -0.39 is 5.97 Å². The summed E-state index contributed by atoms with van der Waals surface area (Å²) >= 11 is 6.05. The van der Waals surface area contributed by atoms with Crippen LogP contribution in [0.25, 0.3) is 0 Å². The molecule has 80 valence electrons. The highest BCUT2D eigenvalue weighted by molar-refractivity contribution is 6.31. The molecule has 1 fully saturated rings. The van der Waals surface area contributed by atoms with Crippen LogP contribution in [0.5, 0.6) is 5.75 Å². The third kappa shape index (κ3) is 1.79. The number of halogens is 1. The van der Waals surface area contributed by atoms with E-state index in [1.165, 1.54) is 13.2 Å². The zero-order valence-electron chi connectivity index (χ0n) is 8.29. The summed E-state index contributed by atoms with van der Waals surface area (Å²) in [6, 6.07) is 3.11. The van der Waals surface area contributed by atoms with Crippen molar-refractivity contribution < 1.29 is 14.6 Å². The normalized spacial score (nSPS) is 15.1. The molecule has 0 unspecified atom stereocenters. The Morgan fingerprint density at radius 1 is 1.53 bits per heavy atom. The van der Waals surface area contributed by atoms with Gasteiger partial charge in [-0.3, -0.25) is 0 Å². The Bertz CT molecular complexity index is 411. The van der Waals surface area contributed by atoms with E-state index in [0.29, 0.717) is 16.7 Å². The highest BCUT2D eigenvalue weighted by atomic mass is 35.5. The first-order chi connectivity index (χ1) is 7.15. The molecule has 0 atom stereocenters. The van der Waals surface area contributed by atoms with Crippen molar-refractivity contribution in [2.45, 2.75) is 18.8 Å². The molecule has 0 aliphatic heterocycles. The van der Waals surface area contributed by atoms with E-state index in [4.69, 9.17) is 21.4 Å². The van der Waals surface area contributed by atoms with Gasteiger partial charge in [-0.25, -0.2) is 4.79 Å².